The predicted octanol–water partition coefficient (Wildman–Crippen LogP) is 1.54. The molecule has 0 aromatic heterocycles. The zero-order valence-electron chi connectivity index (χ0n) is 11.8. The van der Waals surface area contributed by atoms with E-state index in [1.54, 1.807) is 0 Å². The average Bonchev–Trinajstić information content (AvgIpc) is 2.38. The maximum absolute atomic E-state index is 12.1. The number of nitrogens with zero attached hydrogens (tertiary/aromatic N) is 2. The summed E-state index contributed by atoms with van der Waals surface area (Å²) in [5.74, 6) is 0. The lowest BCUT2D eigenvalue weighted by Crippen LogP contribution is -2.63. The SMILES string of the molecule is Cc1cccc(NC(=O)N2CC(N3CCOCC3)C2)c1. The predicted molar refractivity (Wildman–Crippen MR) is 78.0 cm³/mol. The summed E-state index contributed by atoms with van der Waals surface area (Å²) in [4.78, 5) is 16.4. The molecule has 2 saturated heterocycles. The molecule has 0 unspecified atom stereocenters. The monoisotopic (exact) mass is 275 g/mol. The molecule has 0 spiro atoms. The van der Waals surface area contributed by atoms with Crippen molar-refractivity contribution < 1.29 is 9.53 Å². The van der Waals surface area contributed by atoms with Gasteiger partial charge in [0, 0.05) is 37.9 Å². The van der Waals surface area contributed by atoms with Crippen molar-refractivity contribution in [1.29, 1.82) is 0 Å². The number of ether oxygens (including phenoxy) is 1. The fourth-order valence-electron chi connectivity index (χ4n) is 2.72. The van der Waals surface area contributed by atoms with Crippen LogP contribution in [0.2, 0.25) is 0 Å². The zero-order chi connectivity index (χ0) is 13.9. The molecule has 5 heteroatoms. The molecule has 0 aliphatic carbocycles. The van der Waals surface area contributed by atoms with E-state index >= 15 is 0 Å². The van der Waals surface area contributed by atoms with Crippen molar-refractivity contribution in [3.05, 3.63) is 29.8 Å². The second-order valence-electron chi connectivity index (χ2n) is 5.51. The van der Waals surface area contributed by atoms with Gasteiger partial charge in [-0.25, -0.2) is 4.79 Å². The van der Waals surface area contributed by atoms with Gasteiger partial charge in [-0.15, -0.1) is 0 Å². The summed E-state index contributed by atoms with van der Waals surface area (Å²) < 4.78 is 5.35. The lowest BCUT2D eigenvalue weighted by molar-refractivity contribution is -0.0189. The van der Waals surface area contributed by atoms with Crippen LogP contribution in [-0.4, -0.2) is 61.3 Å². The minimum Gasteiger partial charge on any atom is -0.379 e. The number of rotatable bonds is 2. The number of carbonyl (C=O) groups is 1. The standard InChI is InChI=1S/C15H21N3O2/c1-12-3-2-4-13(9-12)16-15(19)18-10-14(11-18)17-5-7-20-8-6-17/h2-4,9,14H,5-8,10-11H2,1H3,(H,16,19). The molecule has 3 rings (SSSR count). The number of amides is 2. The summed E-state index contributed by atoms with van der Waals surface area (Å²) in [6.45, 7) is 7.25. The minimum absolute atomic E-state index is 0.000101. The van der Waals surface area contributed by atoms with E-state index in [2.05, 4.69) is 10.2 Å². The topological polar surface area (TPSA) is 44.8 Å². The van der Waals surface area contributed by atoms with Crippen LogP contribution in [0.15, 0.2) is 24.3 Å². The second-order valence-corrected chi connectivity index (χ2v) is 5.51. The van der Waals surface area contributed by atoms with Crippen LogP contribution in [0.3, 0.4) is 0 Å². The molecule has 0 bridgehead atoms. The molecule has 0 atom stereocenters. The Kier molecular flexibility index (Phi) is 3.89. The average molecular weight is 275 g/mol. The first-order valence-electron chi connectivity index (χ1n) is 7.17. The van der Waals surface area contributed by atoms with Crippen LogP contribution in [0.1, 0.15) is 5.56 Å². The molecule has 0 radical (unpaired) electrons. The number of benzene rings is 1. The first-order valence-corrected chi connectivity index (χ1v) is 7.17. The number of morpholine rings is 1. The lowest BCUT2D eigenvalue weighted by Gasteiger charge is -2.46. The zero-order valence-corrected chi connectivity index (χ0v) is 11.8. The van der Waals surface area contributed by atoms with Gasteiger partial charge in [0.05, 0.1) is 13.2 Å². The number of hydrogen-bond donors (Lipinski definition) is 1. The van der Waals surface area contributed by atoms with Crippen molar-refractivity contribution in [3.8, 4) is 0 Å². The molecule has 20 heavy (non-hydrogen) atoms. The smallest absolute Gasteiger partial charge is 0.321 e. The van der Waals surface area contributed by atoms with E-state index in [1.807, 2.05) is 36.1 Å². The van der Waals surface area contributed by atoms with Crippen LogP contribution in [0.4, 0.5) is 10.5 Å². The Balaban J connectivity index is 1.48. The Morgan fingerprint density at radius 1 is 1.30 bits per heavy atom. The molecule has 108 valence electrons. The third-order valence-corrected chi connectivity index (χ3v) is 3.98. The molecule has 2 aliphatic heterocycles. The summed E-state index contributed by atoms with van der Waals surface area (Å²) in [5.41, 5.74) is 2.02. The van der Waals surface area contributed by atoms with E-state index < -0.39 is 0 Å². The molecule has 2 heterocycles. The number of anilines is 1. The van der Waals surface area contributed by atoms with E-state index in [0.29, 0.717) is 6.04 Å². The van der Waals surface area contributed by atoms with E-state index in [1.165, 1.54) is 0 Å². The van der Waals surface area contributed by atoms with Gasteiger partial charge in [0.1, 0.15) is 0 Å². The molecule has 2 amide bonds. The second kappa shape index (κ2) is 5.81. The van der Waals surface area contributed by atoms with Crippen LogP contribution in [0, 0.1) is 6.92 Å². The first-order chi connectivity index (χ1) is 9.72. The quantitative estimate of drug-likeness (QED) is 0.890. The molecule has 2 fully saturated rings. The fourth-order valence-corrected chi connectivity index (χ4v) is 2.72. The summed E-state index contributed by atoms with van der Waals surface area (Å²) in [5, 5.41) is 2.95. The largest absolute Gasteiger partial charge is 0.379 e. The van der Waals surface area contributed by atoms with E-state index in [4.69, 9.17) is 4.74 Å². The summed E-state index contributed by atoms with van der Waals surface area (Å²) in [6, 6.07) is 8.38. The number of hydrogen-bond acceptors (Lipinski definition) is 3. The van der Waals surface area contributed by atoms with Crippen molar-refractivity contribution in [2.45, 2.75) is 13.0 Å². The van der Waals surface area contributed by atoms with Crippen molar-refractivity contribution in [1.82, 2.24) is 9.80 Å². The van der Waals surface area contributed by atoms with Crippen LogP contribution >= 0.6 is 0 Å². The third kappa shape index (κ3) is 2.94. The van der Waals surface area contributed by atoms with E-state index in [9.17, 15) is 4.79 Å². The Hall–Kier alpha value is -1.59. The summed E-state index contributed by atoms with van der Waals surface area (Å²) in [7, 11) is 0. The summed E-state index contributed by atoms with van der Waals surface area (Å²) >= 11 is 0. The van der Waals surface area contributed by atoms with Gasteiger partial charge >= 0.3 is 6.03 Å². The van der Waals surface area contributed by atoms with Gasteiger partial charge < -0.3 is 15.0 Å². The Labute approximate surface area is 119 Å². The van der Waals surface area contributed by atoms with Gasteiger partial charge in [0.2, 0.25) is 0 Å². The summed E-state index contributed by atoms with van der Waals surface area (Å²) in [6.07, 6.45) is 0. The van der Waals surface area contributed by atoms with Crippen LogP contribution in [-0.2, 0) is 4.74 Å². The highest BCUT2D eigenvalue weighted by atomic mass is 16.5. The van der Waals surface area contributed by atoms with Gasteiger partial charge in [-0.3, -0.25) is 4.90 Å². The van der Waals surface area contributed by atoms with Crippen molar-refractivity contribution in [2.24, 2.45) is 0 Å². The van der Waals surface area contributed by atoms with Gasteiger partial charge in [-0.2, -0.15) is 0 Å². The highest BCUT2D eigenvalue weighted by Gasteiger charge is 2.35. The molecular weight excluding hydrogens is 254 g/mol. The third-order valence-electron chi connectivity index (χ3n) is 3.98. The number of nitrogens with one attached hydrogen (secondary N) is 1. The Bertz CT molecular complexity index is 480. The van der Waals surface area contributed by atoms with Gasteiger partial charge in [-0.05, 0) is 24.6 Å². The molecule has 2 aliphatic rings. The number of carbonyl (C=O) groups excluding carboxylic acids is 1. The number of urea groups is 1. The van der Waals surface area contributed by atoms with Crippen molar-refractivity contribution in [2.75, 3.05) is 44.7 Å². The molecule has 5 nitrogen and oxygen atoms in total. The normalized spacial score (nSPS) is 20.6. The maximum atomic E-state index is 12.1. The number of likely N-dealkylation sites (tertiary alicyclic amines) is 1. The lowest BCUT2D eigenvalue weighted by atomic mass is 10.1. The van der Waals surface area contributed by atoms with Gasteiger partial charge in [-0.1, -0.05) is 12.1 Å². The van der Waals surface area contributed by atoms with E-state index in [-0.39, 0.29) is 6.03 Å². The minimum atomic E-state index is 0.000101. The maximum Gasteiger partial charge on any atom is 0.321 e. The van der Waals surface area contributed by atoms with Crippen molar-refractivity contribution >= 4 is 11.7 Å². The first kappa shape index (κ1) is 13.4. The number of aryl methyl sites for hydroxylation is 1. The Morgan fingerprint density at radius 3 is 2.75 bits per heavy atom. The fraction of sp³-hybridized carbons (Fsp3) is 0.533. The molecule has 0 saturated carbocycles. The Morgan fingerprint density at radius 2 is 2.05 bits per heavy atom. The molecular formula is C15H21N3O2. The van der Waals surface area contributed by atoms with Crippen LogP contribution in [0.5, 0.6) is 0 Å². The van der Waals surface area contributed by atoms with Gasteiger partial charge in [0.15, 0.2) is 0 Å². The van der Waals surface area contributed by atoms with Gasteiger partial charge in [0.25, 0.3) is 0 Å². The van der Waals surface area contributed by atoms with Crippen molar-refractivity contribution in [3.63, 3.8) is 0 Å². The molecule has 1 aromatic rings. The molecule has 1 N–H and O–H groups in total. The highest BCUT2D eigenvalue weighted by molar-refractivity contribution is 5.90. The highest BCUT2D eigenvalue weighted by Crippen LogP contribution is 2.18. The van der Waals surface area contributed by atoms with Crippen LogP contribution in [0.25, 0.3) is 0 Å². The van der Waals surface area contributed by atoms with Crippen LogP contribution < -0.4 is 5.32 Å². The molecule has 1 aromatic carbocycles. The van der Waals surface area contributed by atoms with E-state index in [0.717, 1.165) is 50.6 Å².